The minimum Gasteiger partial charge on any atom is -0.504 e. The Kier molecular flexibility index (Phi) is 3.72. The third-order valence-electron chi connectivity index (χ3n) is 2.86. The summed E-state index contributed by atoms with van der Waals surface area (Å²) >= 11 is 0. The van der Waals surface area contributed by atoms with Crippen molar-refractivity contribution < 1.29 is 18.3 Å². The molecule has 0 bridgehead atoms. The molecule has 1 aromatic heterocycles. The smallest absolute Gasteiger partial charge is 0.237 e. The molecule has 0 radical (unpaired) electrons. The van der Waals surface area contributed by atoms with Gasteiger partial charge in [0.05, 0.1) is 5.25 Å². The Bertz CT molecular complexity index is 524. The van der Waals surface area contributed by atoms with E-state index in [1.165, 1.54) is 6.07 Å². The lowest BCUT2D eigenvalue weighted by atomic mass is 10.2. The van der Waals surface area contributed by atoms with Gasteiger partial charge in [-0.3, -0.25) is 4.72 Å². The molecule has 100 valence electrons. The van der Waals surface area contributed by atoms with Crippen molar-refractivity contribution in [3.63, 3.8) is 0 Å². The first-order valence-corrected chi connectivity index (χ1v) is 7.29. The molecule has 1 aliphatic heterocycles. The van der Waals surface area contributed by atoms with Crippen LogP contribution in [0.2, 0.25) is 0 Å². The van der Waals surface area contributed by atoms with Gasteiger partial charge < -0.3 is 9.84 Å². The Labute approximate surface area is 106 Å². The van der Waals surface area contributed by atoms with Gasteiger partial charge in [-0.2, -0.15) is 0 Å². The second-order valence-electron chi connectivity index (χ2n) is 4.28. The largest absolute Gasteiger partial charge is 0.504 e. The van der Waals surface area contributed by atoms with Crippen LogP contribution in [0, 0.1) is 6.92 Å². The molecule has 1 aliphatic rings. The predicted molar refractivity (Wildman–Crippen MR) is 67.0 cm³/mol. The first kappa shape index (κ1) is 13.1. The number of nitrogens with one attached hydrogen (secondary N) is 1. The van der Waals surface area contributed by atoms with E-state index < -0.39 is 15.3 Å². The third-order valence-corrected chi connectivity index (χ3v) is 4.69. The molecule has 18 heavy (non-hydrogen) atoms. The summed E-state index contributed by atoms with van der Waals surface area (Å²) in [4.78, 5) is 3.98. The van der Waals surface area contributed by atoms with E-state index in [1.807, 2.05) is 0 Å². The fraction of sp³-hybridized carbons (Fsp3) is 0.545. The standard InChI is InChI=1S/C11H16N2O4S/c1-8-2-3-10(14)11(12-8)13-18(15,16)9-4-6-17-7-5-9/h2-3,9,14H,4-7H2,1H3,(H,12,13). The van der Waals surface area contributed by atoms with Gasteiger partial charge in [-0.15, -0.1) is 0 Å². The summed E-state index contributed by atoms with van der Waals surface area (Å²) in [5.74, 6) is -0.183. The monoisotopic (exact) mass is 272 g/mol. The van der Waals surface area contributed by atoms with Crippen molar-refractivity contribution in [2.45, 2.75) is 25.0 Å². The van der Waals surface area contributed by atoms with Crippen LogP contribution in [0.15, 0.2) is 12.1 Å². The number of pyridine rings is 1. The number of hydrogen-bond donors (Lipinski definition) is 2. The lowest BCUT2D eigenvalue weighted by Crippen LogP contribution is -2.33. The number of rotatable bonds is 3. The molecule has 0 atom stereocenters. The number of sulfonamides is 1. The van der Waals surface area contributed by atoms with E-state index in [9.17, 15) is 13.5 Å². The molecule has 1 saturated heterocycles. The van der Waals surface area contributed by atoms with E-state index in [1.54, 1.807) is 13.0 Å². The number of aromatic nitrogens is 1. The highest BCUT2D eigenvalue weighted by molar-refractivity contribution is 7.93. The van der Waals surface area contributed by atoms with Crippen molar-refractivity contribution in [3.8, 4) is 5.75 Å². The summed E-state index contributed by atoms with van der Waals surface area (Å²) < 4.78 is 31.7. The first-order valence-electron chi connectivity index (χ1n) is 5.75. The summed E-state index contributed by atoms with van der Waals surface area (Å²) in [5.41, 5.74) is 0.637. The van der Waals surface area contributed by atoms with E-state index in [0.717, 1.165) is 0 Å². The van der Waals surface area contributed by atoms with E-state index in [4.69, 9.17) is 4.74 Å². The van der Waals surface area contributed by atoms with Crippen molar-refractivity contribution >= 4 is 15.8 Å². The minimum atomic E-state index is -3.53. The molecule has 0 unspecified atom stereocenters. The molecule has 0 spiro atoms. The topological polar surface area (TPSA) is 88.5 Å². The van der Waals surface area contributed by atoms with Gasteiger partial charge in [-0.05, 0) is 31.9 Å². The van der Waals surface area contributed by atoms with Gasteiger partial charge in [-0.1, -0.05) is 0 Å². The molecule has 1 aromatic rings. The van der Waals surface area contributed by atoms with Gasteiger partial charge in [0.2, 0.25) is 10.0 Å². The molecule has 2 heterocycles. The molecule has 6 nitrogen and oxygen atoms in total. The number of nitrogens with zero attached hydrogens (tertiary/aromatic N) is 1. The van der Waals surface area contributed by atoms with Gasteiger partial charge in [0, 0.05) is 18.9 Å². The molecular formula is C11H16N2O4S. The second kappa shape index (κ2) is 5.11. The number of ether oxygens (including phenoxy) is 1. The molecule has 0 aliphatic carbocycles. The van der Waals surface area contributed by atoms with Crippen LogP contribution in [0.3, 0.4) is 0 Å². The zero-order valence-corrected chi connectivity index (χ0v) is 10.9. The summed E-state index contributed by atoms with van der Waals surface area (Å²) in [7, 11) is -3.53. The zero-order valence-electron chi connectivity index (χ0n) is 10.1. The van der Waals surface area contributed by atoms with Gasteiger partial charge in [-0.25, -0.2) is 13.4 Å². The molecule has 7 heteroatoms. The van der Waals surface area contributed by atoms with Gasteiger partial charge >= 0.3 is 0 Å². The SMILES string of the molecule is Cc1ccc(O)c(NS(=O)(=O)C2CCOCC2)n1. The maximum Gasteiger partial charge on any atom is 0.237 e. The summed E-state index contributed by atoms with van der Waals surface area (Å²) in [6, 6.07) is 3.03. The summed E-state index contributed by atoms with van der Waals surface area (Å²) in [6.45, 7) is 2.61. The van der Waals surface area contributed by atoms with E-state index >= 15 is 0 Å². The normalized spacial score (nSPS) is 17.6. The number of hydrogen-bond acceptors (Lipinski definition) is 5. The van der Waals surface area contributed by atoms with E-state index in [2.05, 4.69) is 9.71 Å². The number of aryl methyl sites for hydroxylation is 1. The highest BCUT2D eigenvalue weighted by Gasteiger charge is 2.28. The Morgan fingerprint density at radius 1 is 1.39 bits per heavy atom. The van der Waals surface area contributed by atoms with Gasteiger partial charge in [0.1, 0.15) is 0 Å². The van der Waals surface area contributed by atoms with Crippen LogP contribution in [0.1, 0.15) is 18.5 Å². The van der Waals surface area contributed by atoms with E-state index in [-0.39, 0.29) is 11.6 Å². The fourth-order valence-corrected chi connectivity index (χ4v) is 3.23. The van der Waals surface area contributed by atoms with Gasteiger partial charge in [0.15, 0.2) is 11.6 Å². The average molecular weight is 272 g/mol. The fourth-order valence-electron chi connectivity index (χ4n) is 1.83. The molecule has 1 fully saturated rings. The maximum atomic E-state index is 12.1. The van der Waals surface area contributed by atoms with Crippen molar-refractivity contribution in [2.75, 3.05) is 17.9 Å². The Balaban J connectivity index is 2.18. The highest BCUT2D eigenvalue weighted by atomic mass is 32.2. The maximum absolute atomic E-state index is 12.1. The van der Waals surface area contributed by atoms with Crippen LogP contribution in [-0.4, -0.2) is 37.0 Å². The number of anilines is 1. The van der Waals surface area contributed by atoms with E-state index in [0.29, 0.717) is 31.7 Å². The number of aromatic hydroxyl groups is 1. The molecule has 0 aromatic carbocycles. The van der Waals surface area contributed by atoms with Crippen LogP contribution in [0.4, 0.5) is 5.82 Å². The molecule has 2 rings (SSSR count). The van der Waals surface area contributed by atoms with Crippen molar-refractivity contribution in [2.24, 2.45) is 0 Å². The van der Waals surface area contributed by atoms with Crippen molar-refractivity contribution in [1.29, 1.82) is 0 Å². The lowest BCUT2D eigenvalue weighted by Gasteiger charge is -2.22. The Morgan fingerprint density at radius 3 is 2.72 bits per heavy atom. The lowest BCUT2D eigenvalue weighted by molar-refractivity contribution is 0.0984. The second-order valence-corrected chi connectivity index (χ2v) is 6.24. The first-order chi connectivity index (χ1) is 8.49. The predicted octanol–water partition coefficient (Wildman–Crippen LogP) is 1.02. The summed E-state index contributed by atoms with van der Waals surface area (Å²) in [6.07, 6.45) is 0.920. The molecule has 2 N–H and O–H groups in total. The summed E-state index contributed by atoms with van der Waals surface area (Å²) in [5, 5.41) is 9.09. The zero-order chi connectivity index (χ0) is 13.2. The minimum absolute atomic E-state index is 0.0125. The average Bonchev–Trinajstić information content (AvgIpc) is 2.35. The molecule has 0 saturated carbocycles. The Morgan fingerprint density at radius 2 is 2.06 bits per heavy atom. The quantitative estimate of drug-likeness (QED) is 0.857. The third kappa shape index (κ3) is 2.91. The van der Waals surface area contributed by atoms with Crippen LogP contribution in [0.25, 0.3) is 0 Å². The highest BCUT2D eigenvalue weighted by Crippen LogP contribution is 2.24. The molecular weight excluding hydrogens is 256 g/mol. The van der Waals surface area contributed by atoms with Crippen LogP contribution < -0.4 is 4.72 Å². The molecule has 0 amide bonds. The van der Waals surface area contributed by atoms with Crippen LogP contribution >= 0.6 is 0 Å². The van der Waals surface area contributed by atoms with Crippen molar-refractivity contribution in [3.05, 3.63) is 17.8 Å². The van der Waals surface area contributed by atoms with Crippen LogP contribution in [0.5, 0.6) is 5.75 Å². The van der Waals surface area contributed by atoms with Crippen molar-refractivity contribution in [1.82, 2.24) is 4.98 Å². The Hall–Kier alpha value is -1.34. The van der Waals surface area contributed by atoms with Gasteiger partial charge in [0.25, 0.3) is 0 Å². The van der Waals surface area contributed by atoms with Crippen LogP contribution in [-0.2, 0) is 14.8 Å².